The molecule has 0 radical (unpaired) electrons. The third kappa shape index (κ3) is 3.32. The number of anilines is 1. The Labute approximate surface area is 158 Å². The molecule has 2 aliphatic heterocycles. The number of urea groups is 2. The van der Waals surface area contributed by atoms with E-state index in [4.69, 9.17) is 0 Å². The zero-order valence-electron chi connectivity index (χ0n) is 15.5. The van der Waals surface area contributed by atoms with Gasteiger partial charge in [0, 0.05) is 31.9 Å². The second kappa shape index (κ2) is 6.90. The van der Waals surface area contributed by atoms with Crippen LogP contribution in [0.25, 0.3) is 11.1 Å². The summed E-state index contributed by atoms with van der Waals surface area (Å²) in [4.78, 5) is 32.5. The van der Waals surface area contributed by atoms with Gasteiger partial charge in [-0.1, -0.05) is 30.3 Å². The molecule has 3 heterocycles. The van der Waals surface area contributed by atoms with Crippen molar-refractivity contribution in [3.05, 3.63) is 48.3 Å². The first-order valence-electron chi connectivity index (χ1n) is 9.14. The minimum Gasteiger partial charge on any atom is -0.331 e. The number of likely N-dealkylation sites (tertiary alicyclic amines) is 1. The Morgan fingerprint density at radius 1 is 1.26 bits per heavy atom. The number of nitrogens with one attached hydrogen (secondary N) is 2. The molecule has 27 heavy (non-hydrogen) atoms. The maximum Gasteiger partial charge on any atom is 0.321 e. The molecule has 4 amide bonds. The van der Waals surface area contributed by atoms with Crippen molar-refractivity contribution in [1.29, 1.82) is 0 Å². The lowest BCUT2D eigenvalue weighted by Crippen LogP contribution is -2.53. The van der Waals surface area contributed by atoms with Crippen molar-refractivity contribution in [2.75, 3.05) is 25.5 Å². The van der Waals surface area contributed by atoms with Crippen molar-refractivity contribution in [2.45, 2.75) is 25.4 Å². The summed E-state index contributed by atoms with van der Waals surface area (Å²) in [6.45, 7) is 3.01. The quantitative estimate of drug-likeness (QED) is 0.859. The van der Waals surface area contributed by atoms with Gasteiger partial charge in [0.1, 0.15) is 0 Å². The van der Waals surface area contributed by atoms with Gasteiger partial charge in [-0.15, -0.1) is 0 Å². The molecule has 2 atom stereocenters. The summed E-state index contributed by atoms with van der Waals surface area (Å²) in [7, 11) is 1.81. The molecule has 140 valence electrons. The molecule has 0 spiro atoms. The minimum absolute atomic E-state index is 0.0168. The standard InChI is InChI=1S/C20H23N5O2/c1-13-16(10-15(11-21-13)14-6-4-3-5-7-14)22-20(27)25-9-8-18-17(12-25)23-19(26)24(18)2/h3-7,10-11,17-18H,8-9,12H2,1-2H3,(H,22,27)(H,23,26)/t17-,18+/m1/s1. The highest BCUT2D eigenvalue weighted by atomic mass is 16.2. The van der Waals surface area contributed by atoms with Gasteiger partial charge >= 0.3 is 12.1 Å². The number of benzene rings is 1. The Morgan fingerprint density at radius 2 is 2.04 bits per heavy atom. The first-order chi connectivity index (χ1) is 13.0. The fourth-order valence-corrected chi connectivity index (χ4v) is 3.78. The lowest BCUT2D eigenvalue weighted by atomic mass is 10.0. The van der Waals surface area contributed by atoms with Crippen molar-refractivity contribution >= 4 is 17.7 Å². The lowest BCUT2D eigenvalue weighted by molar-refractivity contribution is 0.162. The van der Waals surface area contributed by atoms with E-state index in [0.717, 1.165) is 23.2 Å². The SMILES string of the molecule is Cc1ncc(-c2ccccc2)cc1NC(=O)N1CC[C@H]2[C@@H](C1)NC(=O)N2C. The van der Waals surface area contributed by atoms with Gasteiger partial charge in [-0.05, 0) is 25.0 Å². The summed E-state index contributed by atoms with van der Waals surface area (Å²) < 4.78 is 0. The smallest absolute Gasteiger partial charge is 0.321 e. The normalized spacial score (nSPS) is 21.6. The van der Waals surface area contributed by atoms with E-state index in [2.05, 4.69) is 15.6 Å². The van der Waals surface area contributed by atoms with Crippen LogP contribution in [0, 0.1) is 6.92 Å². The van der Waals surface area contributed by atoms with Crippen LogP contribution in [0.5, 0.6) is 0 Å². The van der Waals surface area contributed by atoms with Gasteiger partial charge in [-0.25, -0.2) is 9.59 Å². The van der Waals surface area contributed by atoms with Crippen molar-refractivity contribution in [3.63, 3.8) is 0 Å². The van der Waals surface area contributed by atoms with E-state index in [0.29, 0.717) is 18.8 Å². The van der Waals surface area contributed by atoms with E-state index >= 15 is 0 Å². The Balaban J connectivity index is 1.48. The van der Waals surface area contributed by atoms with E-state index in [1.807, 2.05) is 49.5 Å². The number of hydrogen-bond acceptors (Lipinski definition) is 3. The molecule has 0 aliphatic carbocycles. The highest BCUT2D eigenvalue weighted by molar-refractivity contribution is 5.91. The maximum absolute atomic E-state index is 12.8. The molecule has 0 saturated carbocycles. The number of carbonyl (C=O) groups is 2. The van der Waals surface area contributed by atoms with Crippen LogP contribution < -0.4 is 10.6 Å². The van der Waals surface area contributed by atoms with Gasteiger partial charge in [0.15, 0.2) is 0 Å². The summed E-state index contributed by atoms with van der Waals surface area (Å²) in [5, 5.41) is 5.94. The van der Waals surface area contributed by atoms with Crippen LogP contribution in [0.1, 0.15) is 12.1 Å². The molecule has 0 unspecified atom stereocenters. The van der Waals surface area contributed by atoms with Gasteiger partial charge in [0.2, 0.25) is 0 Å². The number of aryl methyl sites for hydroxylation is 1. The summed E-state index contributed by atoms with van der Waals surface area (Å²) in [6.07, 6.45) is 2.59. The number of pyridine rings is 1. The molecule has 2 aliphatic rings. The lowest BCUT2D eigenvalue weighted by Gasteiger charge is -2.35. The number of nitrogens with zero attached hydrogens (tertiary/aromatic N) is 3. The number of hydrogen-bond donors (Lipinski definition) is 2. The van der Waals surface area contributed by atoms with E-state index in [1.165, 1.54) is 0 Å². The minimum atomic E-state index is -0.160. The fraction of sp³-hybridized carbons (Fsp3) is 0.350. The van der Waals surface area contributed by atoms with Crippen LogP contribution in [-0.4, -0.2) is 59.1 Å². The molecule has 2 fully saturated rings. The third-order valence-corrected chi connectivity index (χ3v) is 5.43. The van der Waals surface area contributed by atoms with Crippen LogP contribution in [0.15, 0.2) is 42.6 Å². The van der Waals surface area contributed by atoms with Crippen LogP contribution in [-0.2, 0) is 0 Å². The van der Waals surface area contributed by atoms with Gasteiger partial charge in [0.25, 0.3) is 0 Å². The van der Waals surface area contributed by atoms with Crippen LogP contribution in [0.4, 0.5) is 15.3 Å². The predicted molar refractivity (Wildman–Crippen MR) is 103 cm³/mol. The Bertz CT molecular complexity index is 870. The highest BCUT2D eigenvalue weighted by Gasteiger charge is 2.41. The average molecular weight is 365 g/mol. The zero-order valence-corrected chi connectivity index (χ0v) is 15.5. The van der Waals surface area contributed by atoms with E-state index in [-0.39, 0.29) is 24.1 Å². The van der Waals surface area contributed by atoms with E-state index in [1.54, 1.807) is 16.8 Å². The van der Waals surface area contributed by atoms with Crippen LogP contribution in [0.3, 0.4) is 0 Å². The third-order valence-electron chi connectivity index (χ3n) is 5.43. The fourth-order valence-electron chi connectivity index (χ4n) is 3.78. The molecule has 0 bridgehead atoms. The average Bonchev–Trinajstić information content (AvgIpc) is 2.97. The molecule has 2 saturated heterocycles. The highest BCUT2D eigenvalue weighted by Crippen LogP contribution is 2.25. The summed E-state index contributed by atoms with van der Waals surface area (Å²) in [5.74, 6) is 0. The zero-order chi connectivity index (χ0) is 19.0. The maximum atomic E-state index is 12.8. The van der Waals surface area contributed by atoms with Crippen LogP contribution in [0.2, 0.25) is 0 Å². The van der Waals surface area contributed by atoms with Crippen molar-refractivity contribution in [1.82, 2.24) is 20.1 Å². The number of rotatable bonds is 2. The van der Waals surface area contributed by atoms with Gasteiger partial charge in [0.05, 0.1) is 23.5 Å². The van der Waals surface area contributed by atoms with Crippen molar-refractivity contribution in [3.8, 4) is 11.1 Å². The van der Waals surface area contributed by atoms with Crippen LogP contribution >= 0.6 is 0 Å². The molecular weight excluding hydrogens is 342 g/mol. The van der Waals surface area contributed by atoms with Crippen molar-refractivity contribution in [2.24, 2.45) is 0 Å². The van der Waals surface area contributed by atoms with Gasteiger partial charge < -0.3 is 20.4 Å². The molecule has 7 heteroatoms. The number of carbonyl (C=O) groups excluding carboxylic acids is 2. The largest absolute Gasteiger partial charge is 0.331 e. The number of piperidine rings is 1. The first kappa shape index (κ1) is 17.3. The Morgan fingerprint density at radius 3 is 2.81 bits per heavy atom. The number of amides is 4. The molecule has 2 N–H and O–H groups in total. The first-order valence-corrected chi connectivity index (χ1v) is 9.14. The van der Waals surface area contributed by atoms with Crippen molar-refractivity contribution < 1.29 is 9.59 Å². The topological polar surface area (TPSA) is 77.6 Å². The van der Waals surface area contributed by atoms with Gasteiger partial charge in [-0.3, -0.25) is 4.98 Å². The molecule has 2 aromatic rings. The molecule has 1 aromatic carbocycles. The molecule has 1 aromatic heterocycles. The van der Waals surface area contributed by atoms with E-state index in [9.17, 15) is 9.59 Å². The molecule has 4 rings (SSSR count). The van der Waals surface area contributed by atoms with Gasteiger partial charge in [-0.2, -0.15) is 0 Å². The monoisotopic (exact) mass is 365 g/mol. The molecular formula is C20H23N5O2. The number of likely N-dealkylation sites (N-methyl/N-ethyl adjacent to an activating group) is 1. The second-order valence-electron chi connectivity index (χ2n) is 7.12. The molecule has 7 nitrogen and oxygen atoms in total. The number of aromatic nitrogens is 1. The predicted octanol–water partition coefficient (Wildman–Crippen LogP) is 2.69. The summed E-state index contributed by atoms with van der Waals surface area (Å²) in [6, 6.07) is 11.8. The summed E-state index contributed by atoms with van der Waals surface area (Å²) in [5.41, 5.74) is 3.49. The second-order valence-corrected chi connectivity index (χ2v) is 7.12. The van der Waals surface area contributed by atoms with E-state index < -0.39 is 0 Å². The number of fused-ring (bicyclic) bond motifs is 1. The Hall–Kier alpha value is -3.09. The Kier molecular flexibility index (Phi) is 4.43. The summed E-state index contributed by atoms with van der Waals surface area (Å²) >= 11 is 0.